The lowest BCUT2D eigenvalue weighted by atomic mass is 9.99. The molecule has 0 aliphatic carbocycles. The molecule has 1 saturated heterocycles. The van der Waals surface area contributed by atoms with Gasteiger partial charge < -0.3 is 40.3 Å². The highest BCUT2D eigenvalue weighted by molar-refractivity contribution is 5.76. The van der Waals surface area contributed by atoms with Crippen molar-refractivity contribution in [3.63, 3.8) is 0 Å². The van der Waals surface area contributed by atoms with E-state index in [-0.39, 0.29) is 18.9 Å². The lowest BCUT2D eigenvalue weighted by molar-refractivity contribution is -0.302. The largest absolute Gasteiger partial charge is 0.394 e. The molecule has 9 heteroatoms. The highest BCUT2D eigenvalue weighted by Gasteiger charge is 2.44. The summed E-state index contributed by atoms with van der Waals surface area (Å²) in [4.78, 5) is 13.1. The van der Waals surface area contributed by atoms with Crippen molar-refractivity contribution in [2.45, 2.75) is 301 Å². The van der Waals surface area contributed by atoms with Gasteiger partial charge in [0, 0.05) is 6.42 Å². The molecular formula is C72H121NO8. The van der Waals surface area contributed by atoms with Gasteiger partial charge in [-0.3, -0.25) is 4.79 Å². The maximum absolute atomic E-state index is 13.1. The van der Waals surface area contributed by atoms with Crippen molar-refractivity contribution in [3.8, 4) is 0 Å². The Labute approximate surface area is 496 Å². The summed E-state index contributed by atoms with van der Waals surface area (Å²) in [5.74, 6) is -0.248. The van der Waals surface area contributed by atoms with Crippen molar-refractivity contribution in [2.24, 2.45) is 0 Å². The Morgan fingerprint density at radius 1 is 0.432 bits per heavy atom. The summed E-state index contributed by atoms with van der Waals surface area (Å²) < 4.78 is 11.3. The average molecular weight is 1130 g/mol. The summed E-state index contributed by atoms with van der Waals surface area (Å²) in [7, 11) is 0. The summed E-state index contributed by atoms with van der Waals surface area (Å²) in [6, 6.07) is -0.865. The summed E-state index contributed by atoms with van der Waals surface area (Å²) in [5, 5.41) is 54.6. The zero-order chi connectivity index (χ0) is 58.6. The van der Waals surface area contributed by atoms with Gasteiger partial charge in [0.15, 0.2) is 6.29 Å². The van der Waals surface area contributed by atoms with E-state index in [1.807, 2.05) is 6.08 Å². The van der Waals surface area contributed by atoms with Gasteiger partial charge in [0.25, 0.3) is 0 Å². The topological polar surface area (TPSA) is 149 Å². The van der Waals surface area contributed by atoms with E-state index in [2.05, 4.69) is 141 Å². The monoisotopic (exact) mass is 1130 g/mol. The van der Waals surface area contributed by atoms with Gasteiger partial charge in [-0.2, -0.15) is 0 Å². The highest BCUT2D eigenvalue weighted by atomic mass is 16.7. The van der Waals surface area contributed by atoms with E-state index in [4.69, 9.17) is 9.47 Å². The van der Waals surface area contributed by atoms with Crippen LogP contribution >= 0.6 is 0 Å². The Morgan fingerprint density at radius 2 is 0.778 bits per heavy atom. The molecule has 81 heavy (non-hydrogen) atoms. The Morgan fingerprint density at radius 3 is 1.19 bits per heavy atom. The molecule has 0 aromatic heterocycles. The van der Waals surface area contributed by atoms with E-state index in [1.54, 1.807) is 6.08 Å². The van der Waals surface area contributed by atoms with Crippen LogP contribution < -0.4 is 5.32 Å². The zero-order valence-electron chi connectivity index (χ0n) is 51.5. The van der Waals surface area contributed by atoms with Crippen LogP contribution in [0.1, 0.15) is 258 Å². The molecular weight excluding hydrogens is 1010 g/mol. The number of rotatable bonds is 55. The van der Waals surface area contributed by atoms with Crippen LogP contribution in [-0.2, 0) is 14.3 Å². The van der Waals surface area contributed by atoms with E-state index in [9.17, 15) is 30.3 Å². The molecule has 462 valence electrons. The molecule has 9 nitrogen and oxygen atoms in total. The number of ether oxygens (including phenoxy) is 2. The second-order valence-corrected chi connectivity index (χ2v) is 22.2. The molecule has 1 fully saturated rings. The zero-order valence-corrected chi connectivity index (χ0v) is 51.5. The van der Waals surface area contributed by atoms with Crippen molar-refractivity contribution in [2.75, 3.05) is 13.2 Å². The highest BCUT2D eigenvalue weighted by Crippen LogP contribution is 2.23. The van der Waals surface area contributed by atoms with Gasteiger partial charge in [0.2, 0.25) is 5.91 Å². The Balaban J connectivity index is 2.26. The first-order valence-electron chi connectivity index (χ1n) is 32.9. The number of hydrogen-bond donors (Lipinski definition) is 6. The van der Waals surface area contributed by atoms with Crippen LogP contribution in [0, 0.1) is 0 Å². The lowest BCUT2D eigenvalue weighted by Gasteiger charge is -2.40. The number of carbonyl (C=O) groups is 1. The van der Waals surface area contributed by atoms with Crippen molar-refractivity contribution in [1.29, 1.82) is 0 Å². The van der Waals surface area contributed by atoms with E-state index in [0.29, 0.717) is 6.42 Å². The van der Waals surface area contributed by atoms with Gasteiger partial charge in [-0.1, -0.05) is 289 Å². The molecule has 7 atom stereocenters. The minimum absolute atomic E-state index is 0.233. The predicted octanol–water partition coefficient (Wildman–Crippen LogP) is 17.6. The quantitative estimate of drug-likeness (QED) is 0.0261. The average Bonchev–Trinajstić information content (AvgIpc) is 3.51. The van der Waals surface area contributed by atoms with Crippen LogP contribution in [0.15, 0.2) is 134 Å². The fourth-order valence-electron chi connectivity index (χ4n) is 9.59. The molecule has 0 aromatic carbocycles. The Hall–Kier alpha value is -3.67. The first-order valence-corrected chi connectivity index (χ1v) is 32.9. The molecule has 1 amide bonds. The molecule has 7 unspecified atom stereocenters. The molecule has 0 radical (unpaired) electrons. The number of carbonyl (C=O) groups excluding carboxylic acids is 1. The minimum atomic E-state index is -1.59. The lowest BCUT2D eigenvalue weighted by Crippen LogP contribution is -2.60. The number of nitrogens with one attached hydrogen (secondary N) is 1. The molecule has 0 saturated carbocycles. The maximum Gasteiger partial charge on any atom is 0.220 e. The SMILES string of the molecule is CC/C=C\C/C=C\C/C=C\C/C=C\C/C=C\C/C=C\C/C=C\C/C=C\C/C=C\CCCC(=O)NC(COC1OC(CO)C(O)C(O)C1O)C(O)/C=C/CC/C=C/CCCCCCCCCCCCCCCCCCCCCCCCC. The number of hydrogen-bond acceptors (Lipinski definition) is 8. The third kappa shape index (κ3) is 48.4. The van der Waals surface area contributed by atoms with Gasteiger partial charge in [-0.25, -0.2) is 0 Å². The molecule has 1 rings (SSSR count). The smallest absolute Gasteiger partial charge is 0.220 e. The van der Waals surface area contributed by atoms with E-state index in [0.717, 1.165) is 83.5 Å². The molecule has 6 N–H and O–H groups in total. The fraction of sp³-hybridized carbons (Fsp3) is 0.681. The van der Waals surface area contributed by atoms with Crippen LogP contribution in [0.2, 0.25) is 0 Å². The van der Waals surface area contributed by atoms with Crippen LogP contribution in [0.3, 0.4) is 0 Å². The van der Waals surface area contributed by atoms with Gasteiger partial charge in [0.1, 0.15) is 24.4 Å². The van der Waals surface area contributed by atoms with E-state index >= 15 is 0 Å². The summed E-state index contributed by atoms with van der Waals surface area (Å²) in [5.41, 5.74) is 0. The molecule has 1 aliphatic heterocycles. The number of amides is 1. The van der Waals surface area contributed by atoms with Crippen LogP contribution in [0.5, 0.6) is 0 Å². The van der Waals surface area contributed by atoms with Gasteiger partial charge >= 0.3 is 0 Å². The Bertz CT molecular complexity index is 1740. The normalized spacial score (nSPS) is 19.3. The summed E-state index contributed by atoms with van der Waals surface area (Å²) in [6.45, 7) is 3.63. The molecule has 0 spiro atoms. The number of aliphatic hydroxyl groups is 5. The molecule has 1 heterocycles. The van der Waals surface area contributed by atoms with Crippen molar-refractivity contribution in [3.05, 3.63) is 134 Å². The van der Waals surface area contributed by atoms with Crippen LogP contribution in [-0.4, -0.2) is 87.5 Å². The van der Waals surface area contributed by atoms with Crippen molar-refractivity contribution < 1.29 is 39.8 Å². The maximum atomic E-state index is 13.1. The molecule has 0 aromatic rings. The molecule has 1 aliphatic rings. The molecule has 0 bridgehead atoms. The van der Waals surface area contributed by atoms with Crippen LogP contribution in [0.25, 0.3) is 0 Å². The third-order valence-electron chi connectivity index (χ3n) is 14.7. The van der Waals surface area contributed by atoms with E-state index in [1.165, 1.54) is 148 Å². The van der Waals surface area contributed by atoms with Gasteiger partial charge in [-0.05, 0) is 96.3 Å². The summed E-state index contributed by atoms with van der Waals surface area (Å²) >= 11 is 0. The van der Waals surface area contributed by atoms with Gasteiger partial charge in [-0.15, -0.1) is 0 Å². The number of aliphatic hydroxyl groups excluding tert-OH is 5. The first kappa shape index (κ1) is 75.3. The van der Waals surface area contributed by atoms with E-state index < -0.39 is 49.5 Å². The van der Waals surface area contributed by atoms with Crippen molar-refractivity contribution >= 4 is 5.91 Å². The van der Waals surface area contributed by atoms with Crippen molar-refractivity contribution in [1.82, 2.24) is 5.32 Å². The fourth-order valence-corrected chi connectivity index (χ4v) is 9.59. The standard InChI is InChI=1S/C72H121NO8/c1-3-5-7-9-11-13-15-17-19-21-23-25-27-29-31-33-35-37-39-41-43-45-47-49-51-53-55-57-59-61-66(75)65(64-80-72-71(79)70(78)69(77)67(63-74)81-72)73-68(76)62-60-58-56-54-52-50-48-46-44-42-40-38-36-34-32-30-28-26-24-22-20-18-16-14-12-10-8-6-4-2/h6,8,12,14,18,20,24,26,30,32,36,38,42,44,48,50-51,53-54,56,59,61,65-67,69-72,74-75,77-79H,3-5,7,9-11,13,15-17,19,21-23,25,27-29,31,33-35,37,39-41,43,45-47,49,52,55,57-58,60,62-64H2,1-2H3,(H,73,76)/b8-6-,14-12-,20-18-,26-24-,32-30-,38-36-,44-42-,50-48-,53-51+,56-54-,61-59+. The summed E-state index contributed by atoms with van der Waals surface area (Å²) in [6.07, 6.45) is 84.0. The second kappa shape index (κ2) is 59.5. The van der Waals surface area contributed by atoms with Crippen LogP contribution in [0.4, 0.5) is 0 Å². The number of unbranched alkanes of at least 4 members (excludes halogenated alkanes) is 25. The third-order valence-corrected chi connectivity index (χ3v) is 14.7. The Kier molecular flexibility index (Phi) is 55.3. The number of allylic oxidation sites excluding steroid dienone is 21. The van der Waals surface area contributed by atoms with Gasteiger partial charge in [0.05, 0.1) is 25.4 Å². The first-order chi connectivity index (χ1) is 39.8. The minimum Gasteiger partial charge on any atom is -0.394 e. The predicted molar refractivity (Wildman–Crippen MR) is 345 cm³/mol. The second-order valence-electron chi connectivity index (χ2n) is 22.2.